The van der Waals surface area contributed by atoms with Gasteiger partial charge in [0.15, 0.2) is 0 Å². The van der Waals surface area contributed by atoms with Crippen LogP contribution in [0.25, 0.3) is 0 Å². The fourth-order valence-electron chi connectivity index (χ4n) is 2.22. The van der Waals surface area contributed by atoms with Crippen LogP contribution in [0.2, 0.25) is 0 Å². The van der Waals surface area contributed by atoms with Crippen molar-refractivity contribution in [2.75, 3.05) is 0 Å². The van der Waals surface area contributed by atoms with Crippen molar-refractivity contribution in [2.45, 2.75) is 6.61 Å². The third-order valence-corrected chi connectivity index (χ3v) is 3.59. The molecule has 0 amide bonds. The summed E-state index contributed by atoms with van der Waals surface area (Å²) in [5.41, 5.74) is 2.86. The summed E-state index contributed by atoms with van der Waals surface area (Å²) in [6.45, 7) is 0.527. The maximum atomic E-state index is 10.7. The van der Waals surface area contributed by atoms with E-state index in [0.29, 0.717) is 12.3 Å². The van der Waals surface area contributed by atoms with Gasteiger partial charge >= 0.3 is 0 Å². The Labute approximate surface area is 146 Å². The van der Waals surface area contributed by atoms with E-state index in [1.54, 1.807) is 18.3 Å². The SMILES string of the molecule is O=C([O-])c1ccc(N=Cc2ccc(OCc3ccccc3)cc2)cc1. The standard InChI is InChI=1S/C21H17NO3/c23-21(24)18-8-10-19(11-9-18)22-14-16-6-12-20(13-7-16)25-15-17-4-2-1-3-5-17/h1-14H,15H2,(H,23,24)/p-1. The monoisotopic (exact) mass is 330 g/mol. The van der Waals surface area contributed by atoms with E-state index in [9.17, 15) is 9.90 Å². The van der Waals surface area contributed by atoms with Gasteiger partial charge in [-0.25, -0.2) is 0 Å². The van der Waals surface area contributed by atoms with E-state index in [-0.39, 0.29) is 5.56 Å². The Morgan fingerprint density at radius 2 is 1.60 bits per heavy atom. The highest BCUT2D eigenvalue weighted by atomic mass is 16.5. The van der Waals surface area contributed by atoms with Crippen molar-refractivity contribution >= 4 is 17.9 Å². The predicted molar refractivity (Wildman–Crippen MR) is 95.2 cm³/mol. The number of nitrogens with zero attached hydrogens (tertiary/aromatic N) is 1. The van der Waals surface area contributed by atoms with Crippen molar-refractivity contribution in [2.24, 2.45) is 4.99 Å². The molecule has 0 unspecified atom stereocenters. The van der Waals surface area contributed by atoms with Gasteiger partial charge in [0, 0.05) is 6.21 Å². The molecule has 0 aliphatic rings. The highest BCUT2D eigenvalue weighted by molar-refractivity contribution is 5.86. The van der Waals surface area contributed by atoms with Crippen molar-refractivity contribution in [1.82, 2.24) is 0 Å². The fourth-order valence-corrected chi connectivity index (χ4v) is 2.22. The number of hydrogen-bond donors (Lipinski definition) is 0. The van der Waals surface area contributed by atoms with E-state index >= 15 is 0 Å². The number of carboxylic acids is 1. The minimum Gasteiger partial charge on any atom is -0.545 e. The number of carbonyl (C=O) groups excluding carboxylic acids is 1. The van der Waals surface area contributed by atoms with E-state index in [2.05, 4.69) is 4.99 Å². The summed E-state index contributed by atoms with van der Waals surface area (Å²) in [5, 5.41) is 10.7. The molecular weight excluding hydrogens is 314 g/mol. The molecule has 0 radical (unpaired) electrons. The largest absolute Gasteiger partial charge is 0.545 e. The van der Waals surface area contributed by atoms with E-state index in [0.717, 1.165) is 16.9 Å². The summed E-state index contributed by atoms with van der Waals surface area (Å²) in [6.07, 6.45) is 1.72. The molecule has 3 aromatic rings. The first kappa shape index (κ1) is 16.5. The molecule has 0 heterocycles. The number of carboxylic acid groups (broad SMARTS) is 1. The molecule has 0 spiro atoms. The first-order valence-electron chi connectivity index (χ1n) is 7.83. The molecule has 0 N–H and O–H groups in total. The number of aliphatic imine (C=N–C) groups is 1. The average Bonchev–Trinajstić information content (AvgIpc) is 2.67. The van der Waals surface area contributed by atoms with Crippen LogP contribution in [0.1, 0.15) is 21.5 Å². The normalized spacial score (nSPS) is 10.7. The summed E-state index contributed by atoms with van der Waals surface area (Å²) in [4.78, 5) is 15.0. The molecule has 0 saturated heterocycles. The predicted octanol–water partition coefficient (Wildman–Crippen LogP) is 3.38. The Hall–Kier alpha value is -3.40. The maximum absolute atomic E-state index is 10.7. The minimum absolute atomic E-state index is 0.138. The molecule has 3 rings (SSSR count). The van der Waals surface area contributed by atoms with Crippen molar-refractivity contribution in [3.63, 3.8) is 0 Å². The molecule has 0 aromatic heterocycles. The van der Waals surface area contributed by atoms with Gasteiger partial charge in [0.1, 0.15) is 12.4 Å². The zero-order valence-corrected chi connectivity index (χ0v) is 13.5. The van der Waals surface area contributed by atoms with E-state index in [1.807, 2.05) is 54.6 Å². The number of aromatic carboxylic acids is 1. The molecule has 3 aromatic carbocycles. The smallest absolute Gasteiger partial charge is 0.119 e. The van der Waals surface area contributed by atoms with Crippen LogP contribution >= 0.6 is 0 Å². The number of benzene rings is 3. The van der Waals surface area contributed by atoms with E-state index < -0.39 is 5.97 Å². The Balaban J connectivity index is 1.59. The van der Waals surface area contributed by atoms with Gasteiger partial charge in [-0.2, -0.15) is 0 Å². The quantitative estimate of drug-likeness (QED) is 0.651. The topological polar surface area (TPSA) is 61.7 Å². The number of ether oxygens (including phenoxy) is 1. The number of rotatable bonds is 6. The Morgan fingerprint density at radius 1 is 0.920 bits per heavy atom. The summed E-state index contributed by atoms with van der Waals surface area (Å²) in [6, 6.07) is 23.8. The van der Waals surface area contributed by atoms with E-state index in [1.165, 1.54) is 12.1 Å². The lowest BCUT2D eigenvalue weighted by Crippen LogP contribution is -2.21. The van der Waals surface area contributed by atoms with Crippen molar-refractivity contribution in [3.05, 3.63) is 95.6 Å². The first-order valence-corrected chi connectivity index (χ1v) is 7.83. The second kappa shape index (κ2) is 7.93. The molecule has 0 aliphatic carbocycles. The van der Waals surface area contributed by atoms with Gasteiger partial charge in [-0.15, -0.1) is 0 Å². The third kappa shape index (κ3) is 4.78. The molecular formula is C21H16NO3-. The number of carbonyl (C=O) groups is 1. The van der Waals surface area contributed by atoms with Gasteiger partial charge in [-0.1, -0.05) is 42.5 Å². The summed E-state index contributed by atoms with van der Waals surface area (Å²) < 4.78 is 5.74. The van der Waals surface area contributed by atoms with Crippen LogP contribution in [0.15, 0.2) is 83.9 Å². The molecule has 0 fully saturated rings. The highest BCUT2D eigenvalue weighted by Gasteiger charge is 1.97. The lowest BCUT2D eigenvalue weighted by molar-refractivity contribution is -0.255. The zero-order chi connectivity index (χ0) is 17.5. The summed E-state index contributed by atoms with van der Waals surface area (Å²) >= 11 is 0. The van der Waals surface area contributed by atoms with Crippen molar-refractivity contribution in [1.29, 1.82) is 0 Å². The van der Waals surface area contributed by atoms with Crippen LogP contribution in [0, 0.1) is 0 Å². The summed E-state index contributed by atoms with van der Waals surface area (Å²) in [5.74, 6) is -0.402. The highest BCUT2D eigenvalue weighted by Crippen LogP contribution is 2.16. The second-order valence-electron chi connectivity index (χ2n) is 5.44. The first-order chi connectivity index (χ1) is 12.2. The summed E-state index contributed by atoms with van der Waals surface area (Å²) in [7, 11) is 0. The van der Waals surface area contributed by atoms with Crippen LogP contribution in [-0.2, 0) is 6.61 Å². The molecule has 4 nitrogen and oxygen atoms in total. The van der Waals surface area contributed by atoms with Crippen LogP contribution < -0.4 is 9.84 Å². The molecule has 4 heteroatoms. The van der Waals surface area contributed by atoms with Gasteiger partial charge in [-0.3, -0.25) is 4.99 Å². The fraction of sp³-hybridized carbons (Fsp3) is 0.0476. The molecule has 0 saturated carbocycles. The average molecular weight is 330 g/mol. The van der Waals surface area contributed by atoms with Crippen LogP contribution in [0.4, 0.5) is 5.69 Å². The van der Waals surface area contributed by atoms with Crippen LogP contribution in [0.5, 0.6) is 5.75 Å². The molecule has 25 heavy (non-hydrogen) atoms. The minimum atomic E-state index is -1.19. The lowest BCUT2D eigenvalue weighted by atomic mass is 10.2. The van der Waals surface area contributed by atoms with Gasteiger partial charge in [0.25, 0.3) is 0 Å². The molecule has 0 aliphatic heterocycles. The van der Waals surface area contributed by atoms with Gasteiger partial charge in [0.05, 0.1) is 11.7 Å². The van der Waals surface area contributed by atoms with Crippen LogP contribution in [0.3, 0.4) is 0 Å². The Bertz CT molecular complexity index is 854. The van der Waals surface area contributed by atoms with Crippen LogP contribution in [-0.4, -0.2) is 12.2 Å². The molecule has 0 atom stereocenters. The van der Waals surface area contributed by atoms with E-state index in [4.69, 9.17) is 4.74 Å². The van der Waals surface area contributed by atoms with Crippen molar-refractivity contribution < 1.29 is 14.6 Å². The maximum Gasteiger partial charge on any atom is 0.119 e. The Kier molecular flexibility index (Phi) is 5.22. The third-order valence-electron chi connectivity index (χ3n) is 3.59. The lowest BCUT2D eigenvalue weighted by Gasteiger charge is -2.06. The van der Waals surface area contributed by atoms with Crippen molar-refractivity contribution in [3.8, 4) is 5.75 Å². The molecule has 0 bridgehead atoms. The van der Waals surface area contributed by atoms with Gasteiger partial charge < -0.3 is 14.6 Å². The van der Waals surface area contributed by atoms with Gasteiger partial charge in [0.2, 0.25) is 0 Å². The second-order valence-corrected chi connectivity index (χ2v) is 5.44. The zero-order valence-electron chi connectivity index (χ0n) is 13.5. The number of hydrogen-bond acceptors (Lipinski definition) is 4. The van der Waals surface area contributed by atoms with Gasteiger partial charge in [-0.05, 0) is 53.1 Å². The Morgan fingerprint density at radius 3 is 2.24 bits per heavy atom. The molecule has 124 valence electrons.